The molecule has 0 atom stereocenters. The number of rotatable bonds is 8. The average molecular weight is 280 g/mol. The van der Waals surface area contributed by atoms with Crippen molar-refractivity contribution in [1.29, 1.82) is 0 Å². The monoisotopic (exact) mass is 280 g/mol. The van der Waals surface area contributed by atoms with Crippen LogP contribution in [0.2, 0.25) is 0 Å². The lowest BCUT2D eigenvalue weighted by Crippen LogP contribution is -2.26. The van der Waals surface area contributed by atoms with E-state index in [0.29, 0.717) is 24.5 Å². The number of nitrogens with zero attached hydrogens (tertiary/aromatic N) is 1. The number of ether oxygens (including phenoxy) is 2. The molecule has 1 aromatic carbocycles. The van der Waals surface area contributed by atoms with Crippen molar-refractivity contribution >= 4 is 5.91 Å². The summed E-state index contributed by atoms with van der Waals surface area (Å²) in [7, 11) is 6.92. The normalized spacial score (nSPS) is 10.2. The van der Waals surface area contributed by atoms with Gasteiger partial charge in [-0.2, -0.15) is 0 Å². The predicted octanol–water partition coefficient (Wildman–Crippen LogP) is 1.66. The van der Waals surface area contributed by atoms with E-state index in [1.165, 1.54) is 0 Å². The maximum Gasteiger partial charge on any atom is 0.222 e. The van der Waals surface area contributed by atoms with Crippen molar-refractivity contribution in [3.63, 3.8) is 0 Å². The molecule has 20 heavy (non-hydrogen) atoms. The number of hydrogen-bond acceptors (Lipinski definition) is 4. The summed E-state index contributed by atoms with van der Waals surface area (Å²) < 4.78 is 10.5. The highest BCUT2D eigenvalue weighted by atomic mass is 16.5. The van der Waals surface area contributed by atoms with Crippen LogP contribution in [0, 0.1) is 0 Å². The van der Waals surface area contributed by atoms with E-state index in [2.05, 4.69) is 5.32 Å². The summed E-state index contributed by atoms with van der Waals surface area (Å²) >= 11 is 0. The molecule has 0 aliphatic carbocycles. The van der Waals surface area contributed by atoms with Gasteiger partial charge in [-0.05, 0) is 37.7 Å². The van der Waals surface area contributed by atoms with Gasteiger partial charge < -0.3 is 19.7 Å². The molecule has 112 valence electrons. The Balaban J connectivity index is 2.61. The summed E-state index contributed by atoms with van der Waals surface area (Å²) in [5.74, 6) is 1.52. The third-order valence-electron chi connectivity index (χ3n) is 3.11. The number of carbonyl (C=O) groups excluding carboxylic acids is 1. The van der Waals surface area contributed by atoms with Gasteiger partial charge in [0.05, 0.1) is 14.2 Å². The molecule has 5 nitrogen and oxygen atoms in total. The molecule has 0 bridgehead atoms. The number of methoxy groups -OCH3 is 2. The van der Waals surface area contributed by atoms with E-state index >= 15 is 0 Å². The van der Waals surface area contributed by atoms with Gasteiger partial charge in [0.15, 0.2) is 11.5 Å². The van der Waals surface area contributed by atoms with Crippen LogP contribution in [0.1, 0.15) is 18.4 Å². The van der Waals surface area contributed by atoms with Crippen molar-refractivity contribution in [1.82, 2.24) is 10.2 Å². The average Bonchev–Trinajstić information content (AvgIpc) is 2.47. The smallest absolute Gasteiger partial charge is 0.222 e. The Morgan fingerprint density at radius 1 is 1.25 bits per heavy atom. The van der Waals surface area contributed by atoms with Gasteiger partial charge in [0, 0.05) is 20.0 Å². The van der Waals surface area contributed by atoms with E-state index in [1.807, 2.05) is 32.3 Å². The van der Waals surface area contributed by atoms with Crippen LogP contribution in [0.5, 0.6) is 11.5 Å². The third-order valence-corrected chi connectivity index (χ3v) is 3.11. The topological polar surface area (TPSA) is 50.8 Å². The number of amides is 1. The molecule has 1 amide bonds. The number of hydrogen-bond donors (Lipinski definition) is 1. The molecule has 1 aromatic rings. The molecule has 0 radical (unpaired) electrons. The maximum absolute atomic E-state index is 11.9. The molecular weight excluding hydrogens is 256 g/mol. The lowest BCUT2D eigenvalue weighted by atomic mass is 10.2. The summed E-state index contributed by atoms with van der Waals surface area (Å²) in [6.07, 6.45) is 1.41. The molecule has 5 heteroatoms. The molecule has 0 aliphatic heterocycles. The van der Waals surface area contributed by atoms with E-state index in [9.17, 15) is 4.79 Å². The van der Waals surface area contributed by atoms with Gasteiger partial charge in [0.1, 0.15) is 0 Å². The molecular formula is C15H24N2O3. The van der Waals surface area contributed by atoms with Crippen molar-refractivity contribution in [3.8, 4) is 11.5 Å². The quantitative estimate of drug-likeness (QED) is 0.736. The molecule has 0 aromatic heterocycles. The SMILES string of the molecule is CNCCCC(=O)N(C)Cc1ccc(OC)c(OC)c1. The molecule has 0 heterocycles. The molecule has 1 rings (SSSR count). The maximum atomic E-state index is 11.9. The van der Waals surface area contributed by atoms with Crippen LogP contribution in [-0.4, -0.2) is 45.7 Å². The predicted molar refractivity (Wildman–Crippen MR) is 79.2 cm³/mol. The lowest BCUT2D eigenvalue weighted by Gasteiger charge is -2.18. The first-order valence-electron chi connectivity index (χ1n) is 6.71. The molecule has 0 fully saturated rings. The van der Waals surface area contributed by atoms with E-state index in [4.69, 9.17) is 9.47 Å². The molecule has 0 spiro atoms. The molecule has 0 saturated carbocycles. The fourth-order valence-electron chi connectivity index (χ4n) is 1.95. The van der Waals surface area contributed by atoms with Gasteiger partial charge in [-0.15, -0.1) is 0 Å². The van der Waals surface area contributed by atoms with Crippen LogP contribution >= 0.6 is 0 Å². The third kappa shape index (κ3) is 4.74. The second-order valence-corrected chi connectivity index (χ2v) is 4.65. The standard InChI is InChI=1S/C15H24N2O3/c1-16-9-5-6-15(18)17(2)11-12-7-8-13(19-3)14(10-12)20-4/h7-8,10,16H,5-6,9,11H2,1-4H3. The van der Waals surface area contributed by atoms with Crippen LogP contribution in [0.3, 0.4) is 0 Å². The Kier molecular flexibility index (Phi) is 6.87. The second-order valence-electron chi connectivity index (χ2n) is 4.65. The van der Waals surface area contributed by atoms with Gasteiger partial charge in [0.2, 0.25) is 5.91 Å². The zero-order valence-corrected chi connectivity index (χ0v) is 12.7. The summed E-state index contributed by atoms with van der Waals surface area (Å²) in [5.41, 5.74) is 1.02. The minimum absolute atomic E-state index is 0.148. The summed E-state index contributed by atoms with van der Waals surface area (Å²) in [6.45, 7) is 1.43. The van der Waals surface area contributed by atoms with Crippen LogP contribution in [0.4, 0.5) is 0 Å². The van der Waals surface area contributed by atoms with Crippen LogP contribution < -0.4 is 14.8 Å². The number of benzene rings is 1. The fraction of sp³-hybridized carbons (Fsp3) is 0.533. The van der Waals surface area contributed by atoms with E-state index < -0.39 is 0 Å². The van der Waals surface area contributed by atoms with E-state index in [-0.39, 0.29) is 5.91 Å². The van der Waals surface area contributed by atoms with Gasteiger partial charge in [-0.3, -0.25) is 4.79 Å². The van der Waals surface area contributed by atoms with Crippen molar-refractivity contribution in [2.75, 3.05) is 34.9 Å². The van der Waals surface area contributed by atoms with E-state index in [1.54, 1.807) is 19.1 Å². The zero-order valence-electron chi connectivity index (χ0n) is 12.7. The fourth-order valence-corrected chi connectivity index (χ4v) is 1.95. The van der Waals surface area contributed by atoms with Gasteiger partial charge in [-0.25, -0.2) is 0 Å². The minimum Gasteiger partial charge on any atom is -0.493 e. The highest BCUT2D eigenvalue weighted by Crippen LogP contribution is 2.27. The summed E-state index contributed by atoms with van der Waals surface area (Å²) in [6, 6.07) is 5.70. The first-order valence-corrected chi connectivity index (χ1v) is 6.71. The van der Waals surface area contributed by atoms with Crippen LogP contribution in [0.25, 0.3) is 0 Å². The molecule has 0 aliphatic rings. The summed E-state index contributed by atoms with van der Waals surface area (Å²) in [5, 5.41) is 3.04. The van der Waals surface area contributed by atoms with E-state index in [0.717, 1.165) is 18.5 Å². The Hall–Kier alpha value is -1.75. The largest absolute Gasteiger partial charge is 0.493 e. The lowest BCUT2D eigenvalue weighted by molar-refractivity contribution is -0.130. The van der Waals surface area contributed by atoms with Gasteiger partial charge >= 0.3 is 0 Å². The first-order chi connectivity index (χ1) is 9.62. The van der Waals surface area contributed by atoms with Crippen LogP contribution in [0.15, 0.2) is 18.2 Å². The second kappa shape index (κ2) is 8.43. The first kappa shape index (κ1) is 16.3. The Morgan fingerprint density at radius 2 is 1.95 bits per heavy atom. The van der Waals surface area contributed by atoms with Crippen molar-refractivity contribution in [2.45, 2.75) is 19.4 Å². The summed E-state index contributed by atoms with van der Waals surface area (Å²) in [4.78, 5) is 13.7. The zero-order chi connectivity index (χ0) is 15.0. The Bertz CT molecular complexity index is 435. The highest BCUT2D eigenvalue weighted by molar-refractivity contribution is 5.75. The number of nitrogens with one attached hydrogen (secondary N) is 1. The Morgan fingerprint density at radius 3 is 2.55 bits per heavy atom. The number of carbonyl (C=O) groups is 1. The molecule has 1 N–H and O–H groups in total. The van der Waals surface area contributed by atoms with Crippen LogP contribution in [-0.2, 0) is 11.3 Å². The molecule has 0 unspecified atom stereocenters. The Labute approximate surface area is 120 Å². The van der Waals surface area contributed by atoms with Gasteiger partial charge in [0.25, 0.3) is 0 Å². The minimum atomic E-state index is 0.148. The molecule has 0 saturated heterocycles. The van der Waals surface area contributed by atoms with Crippen molar-refractivity contribution in [2.24, 2.45) is 0 Å². The van der Waals surface area contributed by atoms with Gasteiger partial charge in [-0.1, -0.05) is 6.07 Å². The van der Waals surface area contributed by atoms with Crippen molar-refractivity contribution < 1.29 is 14.3 Å². The highest BCUT2D eigenvalue weighted by Gasteiger charge is 2.11. The van der Waals surface area contributed by atoms with Crippen molar-refractivity contribution in [3.05, 3.63) is 23.8 Å².